The highest BCUT2D eigenvalue weighted by Gasteiger charge is 2.09. The van der Waals surface area contributed by atoms with E-state index in [1.165, 1.54) is 16.7 Å². The summed E-state index contributed by atoms with van der Waals surface area (Å²) in [5.41, 5.74) is 11.2. The summed E-state index contributed by atoms with van der Waals surface area (Å²) >= 11 is 0. The van der Waals surface area contributed by atoms with Gasteiger partial charge in [-0.2, -0.15) is 0 Å². The van der Waals surface area contributed by atoms with Gasteiger partial charge in [0.05, 0.1) is 12.8 Å². The van der Waals surface area contributed by atoms with E-state index in [0.717, 1.165) is 24.2 Å². The third-order valence-corrected chi connectivity index (χ3v) is 3.37. The summed E-state index contributed by atoms with van der Waals surface area (Å²) in [4.78, 5) is 4.23. The van der Waals surface area contributed by atoms with Gasteiger partial charge in [0.25, 0.3) is 0 Å². The molecule has 3 heteroatoms. The first-order valence-electron chi connectivity index (χ1n) is 7.49. The Hall–Kier alpha value is -1.87. The van der Waals surface area contributed by atoms with Crippen LogP contribution >= 0.6 is 0 Å². The lowest BCUT2D eigenvalue weighted by Gasteiger charge is -2.14. The summed E-state index contributed by atoms with van der Waals surface area (Å²) in [6.07, 6.45) is 5.36. The molecule has 2 N–H and O–H groups in total. The SMILES string of the molecule is CCCOc1cncc(C(N)Cc2cc(C)cc(C)c2)c1. The molecular weight excluding hydrogens is 260 g/mol. The largest absolute Gasteiger partial charge is 0.492 e. The number of hydrogen-bond donors (Lipinski definition) is 1. The highest BCUT2D eigenvalue weighted by atomic mass is 16.5. The second-order valence-electron chi connectivity index (χ2n) is 5.61. The normalized spacial score (nSPS) is 12.2. The Kier molecular flexibility index (Phi) is 5.34. The minimum absolute atomic E-state index is 0.0659. The van der Waals surface area contributed by atoms with Gasteiger partial charge in [-0.15, -0.1) is 0 Å². The lowest BCUT2D eigenvalue weighted by molar-refractivity contribution is 0.315. The Labute approximate surface area is 127 Å². The summed E-state index contributed by atoms with van der Waals surface area (Å²) < 4.78 is 5.62. The van der Waals surface area contributed by atoms with Gasteiger partial charge in [-0.1, -0.05) is 36.2 Å². The Morgan fingerprint density at radius 2 is 1.81 bits per heavy atom. The van der Waals surface area contributed by atoms with E-state index < -0.39 is 0 Å². The second-order valence-corrected chi connectivity index (χ2v) is 5.61. The third-order valence-electron chi connectivity index (χ3n) is 3.37. The van der Waals surface area contributed by atoms with Gasteiger partial charge in [0.15, 0.2) is 0 Å². The second kappa shape index (κ2) is 7.23. The van der Waals surface area contributed by atoms with Crippen molar-refractivity contribution >= 4 is 0 Å². The van der Waals surface area contributed by atoms with Crippen LogP contribution in [0.5, 0.6) is 5.75 Å². The van der Waals surface area contributed by atoms with E-state index in [1.807, 2.05) is 12.3 Å². The van der Waals surface area contributed by atoms with E-state index in [4.69, 9.17) is 10.5 Å². The van der Waals surface area contributed by atoms with Crippen LogP contribution in [0.25, 0.3) is 0 Å². The van der Waals surface area contributed by atoms with Crippen LogP contribution in [0.1, 0.15) is 41.6 Å². The number of aromatic nitrogens is 1. The monoisotopic (exact) mass is 284 g/mol. The number of rotatable bonds is 6. The molecule has 0 aliphatic carbocycles. The molecule has 1 atom stereocenters. The van der Waals surface area contributed by atoms with Crippen LogP contribution in [0.2, 0.25) is 0 Å². The smallest absolute Gasteiger partial charge is 0.137 e. The molecule has 0 bridgehead atoms. The van der Waals surface area contributed by atoms with Gasteiger partial charge in [0.1, 0.15) is 5.75 Å². The van der Waals surface area contributed by atoms with Crippen LogP contribution in [0, 0.1) is 13.8 Å². The molecule has 0 fully saturated rings. The minimum atomic E-state index is -0.0659. The maximum absolute atomic E-state index is 6.33. The first kappa shape index (κ1) is 15.5. The molecular formula is C18H24N2O. The number of hydrogen-bond acceptors (Lipinski definition) is 3. The van der Waals surface area contributed by atoms with Crippen molar-refractivity contribution in [2.75, 3.05) is 6.61 Å². The van der Waals surface area contributed by atoms with Gasteiger partial charge in [-0.25, -0.2) is 0 Å². The van der Waals surface area contributed by atoms with Crippen molar-refractivity contribution in [2.45, 2.75) is 39.7 Å². The molecule has 2 rings (SSSR count). The zero-order valence-corrected chi connectivity index (χ0v) is 13.1. The molecule has 0 saturated carbocycles. The van der Waals surface area contributed by atoms with Crippen LogP contribution in [-0.4, -0.2) is 11.6 Å². The number of aryl methyl sites for hydroxylation is 2. The fraction of sp³-hybridized carbons (Fsp3) is 0.389. The molecule has 0 aliphatic heterocycles. The highest BCUT2D eigenvalue weighted by Crippen LogP contribution is 2.21. The fourth-order valence-corrected chi connectivity index (χ4v) is 2.50. The lowest BCUT2D eigenvalue weighted by Crippen LogP contribution is -2.14. The molecule has 21 heavy (non-hydrogen) atoms. The zero-order chi connectivity index (χ0) is 15.2. The van der Waals surface area contributed by atoms with Crippen molar-refractivity contribution in [3.8, 4) is 5.75 Å². The Morgan fingerprint density at radius 3 is 2.48 bits per heavy atom. The average molecular weight is 284 g/mol. The van der Waals surface area contributed by atoms with Crippen molar-refractivity contribution in [1.82, 2.24) is 4.98 Å². The summed E-state index contributed by atoms with van der Waals surface area (Å²) in [7, 11) is 0. The van der Waals surface area contributed by atoms with E-state index in [-0.39, 0.29) is 6.04 Å². The van der Waals surface area contributed by atoms with Crippen molar-refractivity contribution in [3.05, 3.63) is 58.9 Å². The predicted molar refractivity (Wildman–Crippen MR) is 86.6 cm³/mol. The number of pyridine rings is 1. The van der Waals surface area contributed by atoms with Crippen LogP contribution in [-0.2, 0) is 6.42 Å². The Balaban J connectivity index is 2.10. The molecule has 3 nitrogen and oxygen atoms in total. The van der Waals surface area contributed by atoms with Gasteiger partial charge in [-0.05, 0) is 43.9 Å². The Morgan fingerprint density at radius 1 is 1.10 bits per heavy atom. The molecule has 0 aliphatic rings. The predicted octanol–water partition coefficient (Wildman–Crippen LogP) is 3.73. The van der Waals surface area contributed by atoms with Gasteiger partial charge in [0, 0.05) is 12.2 Å². The first-order valence-corrected chi connectivity index (χ1v) is 7.49. The first-order chi connectivity index (χ1) is 10.1. The topological polar surface area (TPSA) is 48.1 Å². The summed E-state index contributed by atoms with van der Waals surface area (Å²) in [6, 6.07) is 8.49. The average Bonchev–Trinajstić information content (AvgIpc) is 2.44. The van der Waals surface area contributed by atoms with E-state index in [1.54, 1.807) is 6.20 Å². The quantitative estimate of drug-likeness (QED) is 0.879. The van der Waals surface area contributed by atoms with Crippen LogP contribution in [0.4, 0.5) is 0 Å². The number of ether oxygens (including phenoxy) is 1. The lowest BCUT2D eigenvalue weighted by atomic mass is 9.98. The van der Waals surface area contributed by atoms with Crippen molar-refractivity contribution in [3.63, 3.8) is 0 Å². The molecule has 1 unspecified atom stereocenters. The summed E-state index contributed by atoms with van der Waals surface area (Å²) in [5.74, 6) is 0.797. The summed E-state index contributed by atoms with van der Waals surface area (Å²) in [5, 5.41) is 0. The van der Waals surface area contributed by atoms with Gasteiger partial charge in [0.2, 0.25) is 0 Å². The standard InChI is InChI=1S/C18H24N2O/c1-4-5-21-17-10-16(11-20-12-17)18(19)9-15-7-13(2)6-14(3)8-15/h6-8,10-12,18H,4-5,9,19H2,1-3H3. The molecule has 0 amide bonds. The van der Waals surface area contributed by atoms with Crippen LogP contribution < -0.4 is 10.5 Å². The summed E-state index contributed by atoms with van der Waals surface area (Å²) in [6.45, 7) is 7.02. The molecule has 0 spiro atoms. The van der Waals surface area contributed by atoms with Crippen LogP contribution in [0.15, 0.2) is 36.7 Å². The Bertz CT molecular complexity index is 575. The van der Waals surface area contributed by atoms with E-state index in [2.05, 4.69) is 44.0 Å². The number of nitrogens with two attached hydrogens (primary N) is 1. The molecule has 2 aromatic rings. The molecule has 0 saturated heterocycles. The molecule has 112 valence electrons. The van der Waals surface area contributed by atoms with Crippen molar-refractivity contribution < 1.29 is 4.74 Å². The molecule has 1 aromatic carbocycles. The van der Waals surface area contributed by atoms with Crippen molar-refractivity contribution in [1.29, 1.82) is 0 Å². The van der Waals surface area contributed by atoms with Crippen molar-refractivity contribution in [2.24, 2.45) is 5.73 Å². The van der Waals surface area contributed by atoms with E-state index >= 15 is 0 Å². The third kappa shape index (κ3) is 4.57. The van der Waals surface area contributed by atoms with Crippen LogP contribution in [0.3, 0.4) is 0 Å². The zero-order valence-electron chi connectivity index (χ0n) is 13.1. The number of benzene rings is 1. The van der Waals surface area contributed by atoms with E-state index in [9.17, 15) is 0 Å². The molecule has 1 aromatic heterocycles. The van der Waals surface area contributed by atoms with E-state index in [0.29, 0.717) is 6.61 Å². The number of nitrogens with zero attached hydrogens (tertiary/aromatic N) is 1. The maximum atomic E-state index is 6.33. The molecule has 0 radical (unpaired) electrons. The minimum Gasteiger partial charge on any atom is -0.492 e. The fourth-order valence-electron chi connectivity index (χ4n) is 2.50. The highest BCUT2D eigenvalue weighted by molar-refractivity contribution is 5.31. The van der Waals surface area contributed by atoms with Gasteiger partial charge < -0.3 is 10.5 Å². The van der Waals surface area contributed by atoms with Gasteiger partial charge in [-0.3, -0.25) is 4.98 Å². The van der Waals surface area contributed by atoms with Gasteiger partial charge >= 0.3 is 0 Å². The maximum Gasteiger partial charge on any atom is 0.137 e. The molecule has 1 heterocycles.